The fraction of sp³-hybridized carbons (Fsp3) is 0.250. The van der Waals surface area contributed by atoms with E-state index in [2.05, 4.69) is 26.0 Å². The zero-order chi connectivity index (χ0) is 8.72. The second kappa shape index (κ2) is 2.55. The van der Waals surface area contributed by atoms with Crippen molar-refractivity contribution >= 4 is 21.6 Å². The van der Waals surface area contributed by atoms with Crippen LogP contribution >= 0.6 is 15.9 Å². The summed E-state index contributed by atoms with van der Waals surface area (Å²) in [5.74, 6) is 0. The summed E-state index contributed by atoms with van der Waals surface area (Å²) in [6.45, 7) is 3.99. The molecule has 2 aromatic rings. The first kappa shape index (κ1) is 7.73. The molecule has 4 heteroatoms. The molecule has 0 saturated carbocycles. The van der Waals surface area contributed by atoms with E-state index in [1.807, 2.05) is 24.4 Å². The number of nitrogens with zero attached hydrogens (tertiary/aromatic N) is 3. The molecule has 0 aromatic carbocycles. The van der Waals surface area contributed by atoms with Crippen LogP contribution in [0.5, 0.6) is 0 Å². The van der Waals surface area contributed by atoms with Crippen LogP contribution in [-0.4, -0.2) is 14.6 Å². The van der Waals surface area contributed by atoms with Crippen molar-refractivity contribution in [3.8, 4) is 0 Å². The molecule has 0 fully saturated rings. The lowest BCUT2D eigenvalue weighted by Gasteiger charge is -1.99. The number of rotatable bonds is 0. The summed E-state index contributed by atoms with van der Waals surface area (Å²) in [5, 5.41) is 4.17. The van der Waals surface area contributed by atoms with E-state index in [1.165, 1.54) is 0 Å². The predicted octanol–water partition coefficient (Wildman–Crippen LogP) is 2.11. The van der Waals surface area contributed by atoms with Crippen LogP contribution in [-0.2, 0) is 0 Å². The Morgan fingerprint density at radius 2 is 2.17 bits per heavy atom. The molecule has 0 spiro atoms. The number of hydrogen-bond acceptors (Lipinski definition) is 2. The number of fused-ring (bicyclic) bond motifs is 1. The smallest absolute Gasteiger partial charge is 0.169 e. The van der Waals surface area contributed by atoms with E-state index >= 15 is 0 Å². The highest BCUT2D eigenvalue weighted by Crippen LogP contribution is 2.16. The molecule has 0 aliphatic rings. The van der Waals surface area contributed by atoms with Crippen LogP contribution < -0.4 is 0 Å². The predicted molar refractivity (Wildman–Crippen MR) is 50.2 cm³/mol. The van der Waals surface area contributed by atoms with Crippen LogP contribution in [0.25, 0.3) is 5.65 Å². The monoisotopic (exact) mass is 225 g/mol. The van der Waals surface area contributed by atoms with Crippen molar-refractivity contribution in [2.45, 2.75) is 13.8 Å². The molecule has 0 amide bonds. The van der Waals surface area contributed by atoms with Crippen molar-refractivity contribution in [3.63, 3.8) is 0 Å². The highest BCUT2D eigenvalue weighted by Gasteiger charge is 2.04. The van der Waals surface area contributed by atoms with Gasteiger partial charge in [0.15, 0.2) is 5.65 Å². The van der Waals surface area contributed by atoms with Gasteiger partial charge in [0.05, 0.1) is 10.7 Å². The molecule has 2 aromatic heterocycles. The largest absolute Gasteiger partial charge is 0.233 e. The second-order valence-electron chi connectivity index (χ2n) is 2.77. The molecule has 0 N–H and O–H groups in total. The maximum absolute atomic E-state index is 4.35. The Morgan fingerprint density at radius 3 is 2.92 bits per heavy atom. The summed E-state index contributed by atoms with van der Waals surface area (Å²) < 4.78 is 2.76. The van der Waals surface area contributed by atoms with Crippen LogP contribution in [0.15, 0.2) is 16.7 Å². The van der Waals surface area contributed by atoms with Crippen LogP contribution in [0.4, 0.5) is 0 Å². The standard InChI is InChI=1S/C8H8BrN3/c1-5-3-6(2)12-8(11-5)7(9)4-10-12/h3-4H,1-2H3. The number of hydrogen-bond donors (Lipinski definition) is 0. The van der Waals surface area contributed by atoms with Gasteiger partial charge in [0.25, 0.3) is 0 Å². The van der Waals surface area contributed by atoms with Gasteiger partial charge in [0, 0.05) is 11.4 Å². The van der Waals surface area contributed by atoms with Crippen LogP contribution in [0.3, 0.4) is 0 Å². The Labute approximate surface area is 78.6 Å². The van der Waals surface area contributed by atoms with Crippen molar-refractivity contribution in [2.24, 2.45) is 0 Å². The van der Waals surface area contributed by atoms with Crippen molar-refractivity contribution in [2.75, 3.05) is 0 Å². The van der Waals surface area contributed by atoms with Gasteiger partial charge in [-0.1, -0.05) is 0 Å². The Balaban J connectivity index is 2.92. The lowest BCUT2D eigenvalue weighted by atomic mass is 10.3. The van der Waals surface area contributed by atoms with Gasteiger partial charge in [0.2, 0.25) is 0 Å². The molecule has 0 aliphatic carbocycles. The van der Waals surface area contributed by atoms with E-state index in [0.717, 1.165) is 21.5 Å². The van der Waals surface area contributed by atoms with Gasteiger partial charge in [-0.15, -0.1) is 0 Å². The fourth-order valence-electron chi connectivity index (χ4n) is 1.24. The molecule has 2 rings (SSSR count). The van der Waals surface area contributed by atoms with E-state index in [-0.39, 0.29) is 0 Å². The van der Waals surface area contributed by atoms with E-state index in [9.17, 15) is 0 Å². The number of halogens is 1. The summed E-state index contributed by atoms with van der Waals surface area (Å²) >= 11 is 3.39. The fourth-order valence-corrected chi connectivity index (χ4v) is 1.59. The molecule has 0 unspecified atom stereocenters. The third-order valence-corrected chi connectivity index (χ3v) is 2.29. The molecule has 12 heavy (non-hydrogen) atoms. The molecule has 0 atom stereocenters. The van der Waals surface area contributed by atoms with E-state index in [0.29, 0.717) is 0 Å². The van der Waals surface area contributed by atoms with Gasteiger partial charge < -0.3 is 0 Å². The molecule has 0 radical (unpaired) electrons. The third-order valence-electron chi connectivity index (χ3n) is 1.73. The van der Waals surface area contributed by atoms with Crippen molar-refractivity contribution in [3.05, 3.63) is 28.1 Å². The van der Waals surface area contributed by atoms with Crippen LogP contribution in [0.1, 0.15) is 11.4 Å². The van der Waals surface area contributed by atoms with Gasteiger partial charge in [0.1, 0.15) is 0 Å². The molecule has 0 bridgehead atoms. The molecular weight excluding hydrogens is 218 g/mol. The molecule has 0 aliphatic heterocycles. The highest BCUT2D eigenvalue weighted by atomic mass is 79.9. The van der Waals surface area contributed by atoms with E-state index in [4.69, 9.17) is 0 Å². The second-order valence-corrected chi connectivity index (χ2v) is 3.62. The number of aryl methyl sites for hydroxylation is 2. The first-order chi connectivity index (χ1) is 5.68. The lowest BCUT2D eigenvalue weighted by molar-refractivity contribution is 0.886. The average Bonchev–Trinajstić information content (AvgIpc) is 2.33. The summed E-state index contributed by atoms with van der Waals surface area (Å²) in [4.78, 5) is 4.35. The molecule has 3 nitrogen and oxygen atoms in total. The SMILES string of the molecule is Cc1cc(C)n2ncc(Br)c2n1. The van der Waals surface area contributed by atoms with E-state index < -0.39 is 0 Å². The van der Waals surface area contributed by atoms with Gasteiger partial charge in [-0.3, -0.25) is 0 Å². The Hall–Kier alpha value is -0.900. The van der Waals surface area contributed by atoms with Gasteiger partial charge in [-0.05, 0) is 35.8 Å². The zero-order valence-electron chi connectivity index (χ0n) is 6.87. The maximum atomic E-state index is 4.35. The summed E-state index contributed by atoms with van der Waals surface area (Å²) in [6.07, 6.45) is 1.76. The topological polar surface area (TPSA) is 30.2 Å². The molecule has 62 valence electrons. The average molecular weight is 226 g/mol. The molecular formula is C8H8BrN3. The highest BCUT2D eigenvalue weighted by molar-refractivity contribution is 9.10. The molecule has 2 heterocycles. The van der Waals surface area contributed by atoms with Crippen molar-refractivity contribution in [1.29, 1.82) is 0 Å². The number of aromatic nitrogens is 3. The minimum absolute atomic E-state index is 0.882. The van der Waals surface area contributed by atoms with Gasteiger partial charge in [-0.25, -0.2) is 9.50 Å². The first-order valence-corrected chi connectivity index (χ1v) is 4.45. The summed E-state index contributed by atoms with van der Waals surface area (Å²) in [7, 11) is 0. The Bertz CT molecular complexity index is 433. The van der Waals surface area contributed by atoms with Gasteiger partial charge in [-0.2, -0.15) is 5.10 Å². The van der Waals surface area contributed by atoms with Crippen molar-refractivity contribution < 1.29 is 0 Å². The summed E-state index contributed by atoms with van der Waals surface area (Å²) in [5.41, 5.74) is 3.00. The van der Waals surface area contributed by atoms with Crippen LogP contribution in [0, 0.1) is 13.8 Å². The summed E-state index contributed by atoms with van der Waals surface area (Å²) in [6, 6.07) is 2.01. The van der Waals surface area contributed by atoms with E-state index in [1.54, 1.807) is 6.20 Å². The van der Waals surface area contributed by atoms with Gasteiger partial charge >= 0.3 is 0 Å². The maximum Gasteiger partial charge on any atom is 0.169 e. The minimum Gasteiger partial charge on any atom is -0.233 e. The van der Waals surface area contributed by atoms with Crippen LogP contribution in [0.2, 0.25) is 0 Å². The van der Waals surface area contributed by atoms with Crippen molar-refractivity contribution in [1.82, 2.24) is 14.6 Å². The molecule has 0 saturated heterocycles. The third kappa shape index (κ3) is 1.03. The zero-order valence-corrected chi connectivity index (χ0v) is 8.46. The Morgan fingerprint density at radius 1 is 1.42 bits per heavy atom. The first-order valence-electron chi connectivity index (χ1n) is 3.66. The quantitative estimate of drug-likeness (QED) is 0.688. The lowest BCUT2D eigenvalue weighted by Crippen LogP contribution is -1.96. The normalized spacial score (nSPS) is 10.9. The Kier molecular flexibility index (Phi) is 1.65. The minimum atomic E-state index is 0.882.